The Bertz CT molecular complexity index is 1140. The summed E-state index contributed by atoms with van der Waals surface area (Å²) >= 11 is 6.32. The van der Waals surface area contributed by atoms with E-state index in [-0.39, 0.29) is 0 Å². The van der Waals surface area contributed by atoms with E-state index in [4.69, 9.17) is 17.1 Å². The standard InChI is InChI=1S/C19H16ClN7/c1-27-11-14(10-24-27)17-8-15(20)18(26-21)19(25-17)23-9-12-4-5-16-13(7-12)3-2-6-22-16/h2-8,10-11,21H,9H2,1H3,(H,23,25). The molecule has 4 rings (SSSR count). The van der Waals surface area contributed by atoms with Crippen LogP contribution in [0.25, 0.3) is 22.2 Å². The second kappa shape index (κ2) is 7.13. The summed E-state index contributed by atoms with van der Waals surface area (Å²) in [7, 11) is 1.84. The van der Waals surface area contributed by atoms with Gasteiger partial charge in [0, 0.05) is 36.9 Å². The quantitative estimate of drug-likeness (QED) is 0.481. The summed E-state index contributed by atoms with van der Waals surface area (Å²) in [5.74, 6) is 0.461. The van der Waals surface area contributed by atoms with Crippen molar-refractivity contribution in [2.75, 3.05) is 5.32 Å². The fraction of sp³-hybridized carbons (Fsp3) is 0.105. The minimum atomic E-state index is 0.312. The number of aryl methyl sites for hydroxylation is 1. The van der Waals surface area contributed by atoms with Crippen LogP contribution >= 0.6 is 11.6 Å². The lowest BCUT2D eigenvalue weighted by Gasteiger charge is -2.11. The fourth-order valence-electron chi connectivity index (χ4n) is 2.86. The van der Waals surface area contributed by atoms with Gasteiger partial charge in [-0.25, -0.2) is 10.5 Å². The Morgan fingerprint density at radius 2 is 2.15 bits per heavy atom. The molecule has 27 heavy (non-hydrogen) atoms. The third kappa shape index (κ3) is 3.50. The molecule has 0 aliphatic heterocycles. The van der Waals surface area contributed by atoms with E-state index in [2.05, 4.69) is 31.6 Å². The zero-order valence-electron chi connectivity index (χ0n) is 14.5. The minimum absolute atomic E-state index is 0.312. The van der Waals surface area contributed by atoms with Crippen LogP contribution in [0.15, 0.2) is 60.1 Å². The van der Waals surface area contributed by atoms with Crippen molar-refractivity contribution in [2.45, 2.75) is 6.54 Å². The summed E-state index contributed by atoms with van der Waals surface area (Å²) in [5, 5.41) is 12.4. The van der Waals surface area contributed by atoms with E-state index in [1.807, 2.05) is 37.5 Å². The Balaban J connectivity index is 1.65. The molecule has 0 fully saturated rings. The molecule has 134 valence electrons. The molecule has 0 spiro atoms. The molecule has 0 aliphatic rings. The smallest absolute Gasteiger partial charge is 0.156 e. The minimum Gasteiger partial charge on any atom is -0.364 e. The van der Waals surface area contributed by atoms with Gasteiger partial charge < -0.3 is 5.32 Å². The molecular formula is C19H16ClN7. The van der Waals surface area contributed by atoms with Crippen LogP contribution in [0.3, 0.4) is 0 Å². The number of hydrogen-bond donors (Lipinski definition) is 2. The van der Waals surface area contributed by atoms with Crippen molar-refractivity contribution in [3.63, 3.8) is 0 Å². The Morgan fingerprint density at radius 1 is 1.26 bits per heavy atom. The van der Waals surface area contributed by atoms with Gasteiger partial charge in [0.25, 0.3) is 0 Å². The summed E-state index contributed by atoms with van der Waals surface area (Å²) in [4.78, 5) is 8.92. The van der Waals surface area contributed by atoms with E-state index in [1.165, 1.54) is 0 Å². The zero-order chi connectivity index (χ0) is 18.8. The fourth-order valence-corrected chi connectivity index (χ4v) is 3.09. The second-order valence-corrected chi connectivity index (χ2v) is 6.49. The molecule has 0 radical (unpaired) electrons. The van der Waals surface area contributed by atoms with Crippen molar-refractivity contribution in [2.24, 2.45) is 12.2 Å². The number of halogens is 1. The monoisotopic (exact) mass is 377 g/mol. The molecule has 7 nitrogen and oxygen atoms in total. The highest BCUT2D eigenvalue weighted by atomic mass is 35.5. The maximum absolute atomic E-state index is 7.43. The lowest BCUT2D eigenvalue weighted by atomic mass is 10.1. The molecule has 1 aromatic carbocycles. The topological polar surface area (TPSA) is 91.8 Å². The molecule has 0 aliphatic carbocycles. The number of pyridine rings is 2. The van der Waals surface area contributed by atoms with Gasteiger partial charge >= 0.3 is 0 Å². The average Bonchev–Trinajstić information content (AvgIpc) is 3.12. The van der Waals surface area contributed by atoms with Crippen LogP contribution in [0.1, 0.15) is 5.56 Å². The summed E-state index contributed by atoms with van der Waals surface area (Å²) in [6, 6.07) is 11.7. The van der Waals surface area contributed by atoms with Crippen molar-refractivity contribution < 1.29 is 0 Å². The van der Waals surface area contributed by atoms with Crippen LogP contribution in [-0.4, -0.2) is 19.7 Å². The molecule has 0 unspecified atom stereocenters. The van der Waals surface area contributed by atoms with E-state index >= 15 is 0 Å². The Hall–Kier alpha value is -3.32. The van der Waals surface area contributed by atoms with E-state index in [9.17, 15) is 0 Å². The molecule has 2 N–H and O–H groups in total. The van der Waals surface area contributed by atoms with Gasteiger partial charge in [0.15, 0.2) is 5.82 Å². The number of nitrogens with one attached hydrogen (secondary N) is 2. The van der Waals surface area contributed by atoms with Crippen molar-refractivity contribution in [1.29, 1.82) is 5.53 Å². The first-order valence-corrected chi connectivity index (χ1v) is 8.66. The second-order valence-electron chi connectivity index (χ2n) is 6.09. The third-order valence-electron chi connectivity index (χ3n) is 4.19. The average molecular weight is 378 g/mol. The predicted molar refractivity (Wildman–Crippen MR) is 105 cm³/mol. The van der Waals surface area contributed by atoms with Crippen LogP contribution in [-0.2, 0) is 13.6 Å². The van der Waals surface area contributed by atoms with Gasteiger partial charge in [0.1, 0.15) is 5.69 Å². The molecule has 3 aromatic heterocycles. The van der Waals surface area contributed by atoms with Crippen molar-refractivity contribution in [3.8, 4) is 11.3 Å². The van der Waals surface area contributed by atoms with E-state index in [0.717, 1.165) is 22.0 Å². The van der Waals surface area contributed by atoms with Crippen LogP contribution in [0.5, 0.6) is 0 Å². The predicted octanol–water partition coefficient (Wildman–Crippen LogP) is 4.96. The SMILES string of the molecule is Cn1cc(-c2cc(Cl)c(N=N)c(NCc3ccc4ncccc4c3)n2)cn1. The summed E-state index contributed by atoms with van der Waals surface area (Å²) < 4.78 is 1.70. The number of nitrogens with zero attached hydrogens (tertiary/aromatic N) is 5. The molecule has 0 saturated carbocycles. The Morgan fingerprint density at radius 3 is 2.93 bits per heavy atom. The number of aromatic nitrogens is 4. The first-order chi connectivity index (χ1) is 13.1. The van der Waals surface area contributed by atoms with Crippen LogP contribution in [0, 0.1) is 5.53 Å². The van der Waals surface area contributed by atoms with Gasteiger partial charge in [-0.1, -0.05) is 23.7 Å². The van der Waals surface area contributed by atoms with Crippen LogP contribution in [0.2, 0.25) is 5.02 Å². The highest BCUT2D eigenvalue weighted by Crippen LogP contribution is 2.35. The normalized spacial score (nSPS) is 10.9. The number of rotatable bonds is 5. The largest absolute Gasteiger partial charge is 0.364 e. The molecule has 0 amide bonds. The van der Waals surface area contributed by atoms with Crippen molar-refractivity contribution in [1.82, 2.24) is 19.7 Å². The lowest BCUT2D eigenvalue weighted by molar-refractivity contribution is 0.768. The molecule has 3 heterocycles. The van der Waals surface area contributed by atoms with Gasteiger partial charge in [0.2, 0.25) is 0 Å². The summed E-state index contributed by atoms with van der Waals surface area (Å²) in [6.07, 6.45) is 5.35. The van der Waals surface area contributed by atoms with Gasteiger partial charge in [-0.3, -0.25) is 9.67 Å². The first kappa shape index (κ1) is 17.1. The highest BCUT2D eigenvalue weighted by molar-refractivity contribution is 6.33. The molecule has 4 aromatic rings. The summed E-state index contributed by atoms with van der Waals surface area (Å²) in [5.41, 5.74) is 11.3. The molecule has 8 heteroatoms. The van der Waals surface area contributed by atoms with E-state index in [1.54, 1.807) is 23.1 Å². The number of fused-ring (bicyclic) bond motifs is 1. The number of benzene rings is 1. The van der Waals surface area contributed by atoms with E-state index in [0.29, 0.717) is 28.8 Å². The van der Waals surface area contributed by atoms with Crippen LogP contribution < -0.4 is 5.32 Å². The zero-order valence-corrected chi connectivity index (χ0v) is 15.3. The van der Waals surface area contributed by atoms with Gasteiger partial charge in [-0.2, -0.15) is 10.2 Å². The molecule has 0 bridgehead atoms. The number of anilines is 1. The van der Waals surface area contributed by atoms with Crippen molar-refractivity contribution >= 4 is 34.0 Å². The van der Waals surface area contributed by atoms with Crippen molar-refractivity contribution in [3.05, 3.63) is 65.6 Å². The van der Waals surface area contributed by atoms with E-state index < -0.39 is 0 Å². The first-order valence-electron chi connectivity index (χ1n) is 8.28. The molecule has 0 atom stereocenters. The maximum Gasteiger partial charge on any atom is 0.156 e. The number of hydrogen-bond acceptors (Lipinski definition) is 6. The van der Waals surface area contributed by atoms with Gasteiger partial charge in [0.05, 0.1) is 22.4 Å². The van der Waals surface area contributed by atoms with Gasteiger partial charge in [-0.05, 0) is 29.8 Å². The summed E-state index contributed by atoms with van der Waals surface area (Å²) in [6.45, 7) is 0.521. The Labute approximate surface area is 160 Å². The van der Waals surface area contributed by atoms with Gasteiger partial charge in [-0.15, -0.1) is 0 Å². The third-order valence-corrected chi connectivity index (χ3v) is 4.47. The molecule has 0 saturated heterocycles. The van der Waals surface area contributed by atoms with Crippen LogP contribution in [0.4, 0.5) is 11.5 Å². The Kier molecular flexibility index (Phi) is 4.52. The molecular weight excluding hydrogens is 362 g/mol. The maximum atomic E-state index is 7.43. The lowest BCUT2D eigenvalue weighted by Crippen LogP contribution is -2.03. The highest BCUT2D eigenvalue weighted by Gasteiger charge is 2.13.